The predicted octanol–water partition coefficient (Wildman–Crippen LogP) is 3.47. The van der Waals surface area contributed by atoms with Crippen molar-refractivity contribution in [3.63, 3.8) is 0 Å². The minimum absolute atomic E-state index is 0.173. The summed E-state index contributed by atoms with van der Waals surface area (Å²) in [6.07, 6.45) is 5.51. The first-order valence-corrected chi connectivity index (χ1v) is 7.13. The van der Waals surface area contributed by atoms with Crippen molar-refractivity contribution in [1.82, 2.24) is 5.32 Å². The van der Waals surface area contributed by atoms with Gasteiger partial charge in [0.05, 0.1) is 0 Å². The van der Waals surface area contributed by atoms with Gasteiger partial charge >= 0.3 is 0 Å². The minimum atomic E-state index is -0.173. The molecule has 2 aromatic carbocycles. The normalized spacial score (nSPS) is 16.1. The van der Waals surface area contributed by atoms with E-state index in [2.05, 4.69) is 10.3 Å². The molecule has 0 spiro atoms. The Balaban J connectivity index is 1.79. The summed E-state index contributed by atoms with van der Waals surface area (Å²) in [5.74, 6) is 0.428. The molecule has 0 atom stereocenters. The van der Waals surface area contributed by atoms with E-state index in [1.54, 1.807) is 6.08 Å². The highest BCUT2D eigenvalue weighted by atomic mass is 16.2. The molecule has 0 bridgehead atoms. The Morgan fingerprint density at radius 2 is 1.73 bits per heavy atom. The Labute approximate surface area is 129 Å². The molecule has 0 saturated carbocycles. The summed E-state index contributed by atoms with van der Waals surface area (Å²) in [5.41, 5.74) is 3.59. The van der Waals surface area contributed by atoms with Gasteiger partial charge in [0.2, 0.25) is 0 Å². The third-order valence-corrected chi connectivity index (χ3v) is 3.36. The Morgan fingerprint density at radius 3 is 2.45 bits per heavy atom. The van der Waals surface area contributed by atoms with Gasteiger partial charge in [0, 0.05) is 5.56 Å². The zero-order valence-corrected chi connectivity index (χ0v) is 12.3. The average Bonchev–Trinajstić information content (AvgIpc) is 2.90. The fourth-order valence-electron chi connectivity index (χ4n) is 2.15. The molecular formula is C19H16N2O. The lowest BCUT2D eigenvalue weighted by Crippen LogP contribution is -2.24. The summed E-state index contributed by atoms with van der Waals surface area (Å²) in [6, 6.07) is 17.8. The fourth-order valence-corrected chi connectivity index (χ4v) is 2.15. The SMILES string of the molecule is Cc1ccc(C2=NC(=CC=Cc3ccccc3)C(=O)N2)cc1. The summed E-state index contributed by atoms with van der Waals surface area (Å²) in [6.45, 7) is 2.03. The maximum atomic E-state index is 11.9. The zero-order chi connectivity index (χ0) is 15.4. The largest absolute Gasteiger partial charge is 0.305 e. The lowest BCUT2D eigenvalue weighted by Gasteiger charge is -2.00. The zero-order valence-electron chi connectivity index (χ0n) is 12.3. The molecule has 1 N–H and O–H groups in total. The van der Waals surface area contributed by atoms with Gasteiger partial charge in [-0.2, -0.15) is 0 Å². The van der Waals surface area contributed by atoms with Gasteiger partial charge in [0.15, 0.2) is 0 Å². The molecule has 108 valence electrons. The molecule has 1 heterocycles. The van der Waals surface area contributed by atoms with E-state index in [4.69, 9.17) is 0 Å². The summed E-state index contributed by atoms with van der Waals surface area (Å²) >= 11 is 0. The standard InChI is InChI=1S/C19H16N2O/c1-14-10-12-16(13-11-14)18-20-17(19(22)21-18)9-5-8-15-6-3-2-4-7-15/h2-13H,1H3,(H,20,21,22). The molecule has 0 aromatic heterocycles. The number of amidine groups is 1. The van der Waals surface area contributed by atoms with E-state index >= 15 is 0 Å². The number of nitrogens with one attached hydrogen (secondary N) is 1. The Kier molecular flexibility index (Phi) is 3.97. The van der Waals surface area contributed by atoms with E-state index in [-0.39, 0.29) is 5.91 Å². The number of hydrogen-bond donors (Lipinski definition) is 1. The smallest absolute Gasteiger partial charge is 0.275 e. The van der Waals surface area contributed by atoms with Crippen LogP contribution in [0.15, 0.2) is 77.4 Å². The van der Waals surface area contributed by atoms with Gasteiger partial charge < -0.3 is 5.32 Å². The van der Waals surface area contributed by atoms with E-state index in [1.165, 1.54) is 5.56 Å². The van der Waals surface area contributed by atoms with Crippen molar-refractivity contribution in [2.24, 2.45) is 4.99 Å². The van der Waals surface area contributed by atoms with Crippen LogP contribution in [0.5, 0.6) is 0 Å². The van der Waals surface area contributed by atoms with Gasteiger partial charge in [0.1, 0.15) is 11.5 Å². The van der Waals surface area contributed by atoms with Gasteiger partial charge in [-0.05, 0) is 18.6 Å². The fraction of sp³-hybridized carbons (Fsp3) is 0.0526. The molecule has 0 fully saturated rings. The molecule has 0 aliphatic carbocycles. The molecule has 3 rings (SSSR count). The Morgan fingerprint density at radius 1 is 1.00 bits per heavy atom. The summed E-state index contributed by atoms with van der Waals surface area (Å²) in [5, 5.41) is 2.80. The number of aliphatic imine (C=N–C) groups is 1. The van der Waals surface area contributed by atoms with Crippen molar-refractivity contribution >= 4 is 17.8 Å². The molecule has 3 nitrogen and oxygen atoms in total. The second kappa shape index (κ2) is 6.22. The molecule has 0 saturated heterocycles. The number of aryl methyl sites for hydroxylation is 1. The highest BCUT2D eigenvalue weighted by molar-refractivity contribution is 6.18. The second-order valence-corrected chi connectivity index (χ2v) is 5.10. The van der Waals surface area contributed by atoms with Crippen LogP contribution in [0, 0.1) is 6.92 Å². The van der Waals surface area contributed by atoms with Crippen LogP contribution in [-0.2, 0) is 4.79 Å². The molecule has 1 aliphatic heterocycles. The number of rotatable bonds is 3. The first kappa shape index (κ1) is 14.0. The van der Waals surface area contributed by atoms with Gasteiger partial charge in [-0.1, -0.05) is 72.3 Å². The van der Waals surface area contributed by atoms with Gasteiger partial charge in [-0.25, -0.2) is 4.99 Å². The molecule has 3 heteroatoms. The summed E-state index contributed by atoms with van der Waals surface area (Å²) in [7, 11) is 0. The summed E-state index contributed by atoms with van der Waals surface area (Å²) < 4.78 is 0. The van der Waals surface area contributed by atoms with Crippen LogP contribution in [0.4, 0.5) is 0 Å². The Hall–Kier alpha value is -2.94. The van der Waals surface area contributed by atoms with Crippen molar-refractivity contribution in [3.05, 3.63) is 89.1 Å². The lowest BCUT2D eigenvalue weighted by atomic mass is 10.1. The van der Waals surface area contributed by atoms with Crippen molar-refractivity contribution < 1.29 is 4.79 Å². The van der Waals surface area contributed by atoms with Gasteiger partial charge in [-0.15, -0.1) is 0 Å². The van der Waals surface area contributed by atoms with Crippen LogP contribution in [-0.4, -0.2) is 11.7 Å². The second-order valence-electron chi connectivity index (χ2n) is 5.10. The van der Waals surface area contributed by atoms with Crippen molar-refractivity contribution in [2.45, 2.75) is 6.92 Å². The van der Waals surface area contributed by atoms with Crippen LogP contribution in [0.1, 0.15) is 16.7 Å². The molecule has 22 heavy (non-hydrogen) atoms. The van der Waals surface area contributed by atoms with Crippen molar-refractivity contribution in [2.75, 3.05) is 0 Å². The number of hydrogen-bond acceptors (Lipinski definition) is 2. The number of allylic oxidation sites excluding steroid dienone is 2. The third kappa shape index (κ3) is 3.20. The van der Waals surface area contributed by atoms with E-state index in [0.29, 0.717) is 11.5 Å². The van der Waals surface area contributed by atoms with E-state index in [0.717, 1.165) is 11.1 Å². The molecule has 2 aromatic rings. The lowest BCUT2D eigenvalue weighted by molar-refractivity contribution is -0.115. The topological polar surface area (TPSA) is 41.5 Å². The number of benzene rings is 2. The number of amides is 1. The van der Waals surface area contributed by atoms with E-state index in [1.807, 2.05) is 73.7 Å². The number of carbonyl (C=O) groups is 1. The monoisotopic (exact) mass is 288 g/mol. The first-order valence-electron chi connectivity index (χ1n) is 7.13. The maximum absolute atomic E-state index is 11.9. The third-order valence-electron chi connectivity index (χ3n) is 3.36. The molecular weight excluding hydrogens is 272 g/mol. The van der Waals surface area contributed by atoms with E-state index in [9.17, 15) is 4.79 Å². The maximum Gasteiger partial charge on any atom is 0.275 e. The van der Waals surface area contributed by atoms with Gasteiger partial charge in [-0.3, -0.25) is 4.79 Å². The van der Waals surface area contributed by atoms with Crippen LogP contribution in [0.25, 0.3) is 6.08 Å². The molecule has 1 amide bonds. The molecule has 0 unspecified atom stereocenters. The minimum Gasteiger partial charge on any atom is -0.305 e. The highest BCUT2D eigenvalue weighted by Gasteiger charge is 2.20. The number of carbonyl (C=O) groups excluding carboxylic acids is 1. The van der Waals surface area contributed by atoms with Crippen LogP contribution in [0.3, 0.4) is 0 Å². The van der Waals surface area contributed by atoms with Crippen LogP contribution >= 0.6 is 0 Å². The number of nitrogens with zero attached hydrogens (tertiary/aromatic N) is 1. The first-order chi connectivity index (χ1) is 10.7. The molecule has 0 radical (unpaired) electrons. The van der Waals surface area contributed by atoms with Crippen molar-refractivity contribution in [3.8, 4) is 0 Å². The van der Waals surface area contributed by atoms with Crippen LogP contribution in [0.2, 0.25) is 0 Å². The Bertz CT molecular complexity index is 769. The van der Waals surface area contributed by atoms with E-state index < -0.39 is 0 Å². The highest BCUT2D eigenvalue weighted by Crippen LogP contribution is 2.12. The van der Waals surface area contributed by atoms with Crippen LogP contribution < -0.4 is 5.32 Å². The molecule has 1 aliphatic rings. The van der Waals surface area contributed by atoms with Gasteiger partial charge in [0.25, 0.3) is 5.91 Å². The van der Waals surface area contributed by atoms with Crippen molar-refractivity contribution in [1.29, 1.82) is 0 Å². The predicted molar refractivity (Wildman–Crippen MR) is 89.4 cm³/mol. The average molecular weight is 288 g/mol. The quantitative estimate of drug-likeness (QED) is 0.863. The summed E-state index contributed by atoms with van der Waals surface area (Å²) in [4.78, 5) is 16.3.